The van der Waals surface area contributed by atoms with Crippen LogP contribution in [0.5, 0.6) is 0 Å². The van der Waals surface area contributed by atoms with E-state index in [-0.39, 0.29) is 11.9 Å². The second kappa shape index (κ2) is 6.06. The quantitative estimate of drug-likeness (QED) is 0.802. The molecule has 0 aliphatic rings. The van der Waals surface area contributed by atoms with Crippen molar-refractivity contribution in [2.75, 3.05) is 14.2 Å². The van der Waals surface area contributed by atoms with Crippen molar-refractivity contribution in [2.24, 2.45) is 0 Å². The van der Waals surface area contributed by atoms with Gasteiger partial charge >= 0.3 is 5.97 Å². The highest BCUT2D eigenvalue weighted by atomic mass is 16.5. The van der Waals surface area contributed by atoms with E-state index >= 15 is 0 Å². The summed E-state index contributed by atoms with van der Waals surface area (Å²) in [5, 5.41) is 0. The van der Waals surface area contributed by atoms with Gasteiger partial charge in [0.05, 0.1) is 18.9 Å². The fourth-order valence-electron chi connectivity index (χ4n) is 1.80. The second-order valence-electron chi connectivity index (χ2n) is 4.33. The molecular weight excluding hydrogens is 258 g/mol. The average Bonchev–Trinajstić information content (AvgIpc) is 3.00. The summed E-state index contributed by atoms with van der Waals surface area (Å²) in [5.41, 5.74) is 1.40. The lowest BCUT2D eigenvalue weighted by Gasteiger charge is -2.15. The lowest BCUT2D eigenvalue weighted by molar-refractivity contribution is 0.0600. The van der Waals surface area contributed by atoms with Crippen molar-refractivity contribution in [3.8, 4) is 0 Å². The number of benzene rings is 1. The monoisotopic (exact) mass is 273 g/mol. The van der Waals surface area contributed by atoms with E-state index in [4.69, 9.17) is 4.42 Å². The highest BCUT2D eigenvalue weighted by Gasteiger charge is 2.14. The molecule has 20 heavy (non-hydrogen) atoms. The van der Waals surface area contributed by atoms with E-state index in [1.165, 1.54) is 13.4 Å². The SMILES string of the molecule is COC(=O)c1ccc(CN(C)C(=O)c2ccco2)cc1. The molecule has 2 aromatic rings. The van der Waals surface area contributed by atoms with Crippen molar-refractivity contribution in [3.63, 3.8) is 0 Å². The third-order valence-electron chi connectivity index (χ3n) is 2.87. The predicted molar refractivity (Wildman–Crippen MR) is 72.3 cm³/mol. The van der Waals surface area contributed by atoms with Crippen LogP contribution in [0.3, 0.4) is 0 Å². The van der Waals surface area contributed by atoms with Crippen molar-refractivity contribution in [1.29, 1.82) is 0 Å². The van der Waals surface area contributed by atoms with Gasteiger partial charge in [-0.1, -0.05) is 12.1 Å². The van der Waals surface area contributed by atoms with Gasteiger partial charge in [0.15, 0.2) is 5.76 Å². The van der Waals surface area contributed by atoms with Crippen LogP contribution in [-0.4, -0.2) is 30.9 Å². The highest BCUT2D eigenvalue weighted by molar-refractivity contribution is 5.91. The van der Waals surface area contributed by atoms with Crippen LogP contribution >= 0.6 is 0 Å². The van der Waals surface area contributed by atoms with E-state index < -0.39 is 0 Å². The largest absolute Gasteiger partial charge is 0.465 e. The Bertz CT molecular complexity index is 587. The van der Waals surface area contributed by atoms with Gasteiger partial charge in [0.1, 0.15) is 0 Å². The first-order valence-corrected chi connectivity index (χ1v) is 6.08. The first-order chi connectivity index (χ1) is 9.61. The summed E-state index contributed by atoms with van der Waals surface area (Å²) in [7, 11) is 3.03. The Kier molecular flexibility index (Phi) is 4.20. The Labute approximate surface area is 116 Å². The molecule has 0 aliphatic carbocycles. The molecule has 1 amide bonds. The zero-order valence-corrected chi connectivity index (χ0v) is 11.3. The molecule has 0 bridgehead atoms. The Morgan fingerprint density at radius 3 is 2.45 bits per heavy atom. The van der Waals surface area contributed by atoms with Gasteiger partial charge in [0.2, 0.25) is 0 Å². The lowest BCUT2D eigenvalue weighted by Crippen LogP contribution is -2.25. The zero-order chi connectivity index (χ0) is 14.5. The maximum atomic E-state index is 12.0. The summed E-state index contributed by atoms with van der Waals surface area (Å²) in [6.07, 6.45) is 1.46. The molecule has 1 aromatic carbocycles. The Morgan fingerprint density at radius 2 is 1.90 bits per heavy atom. The molecule has 0 saturated carbocycles. The molecule has 1 heterocycles. The van der Waals surface area contributed by atoms with E-state index in [2.05, 4.69) is 4.74 Å². The van der Waals surface area contributed by atoms with Crippen LogP contribution in [0, 0.1) is 0 Å². The number of amides is 1. The highest BCUT2D eigenvalue weighted by Crippen LogP contribution is 2.10. The Morgan fingerprint density at radius 1 is 1.20 bits per heavy atom. The van der Waals surface area contributed by atoms with Crippen LogP contribution < -0.4 is 0 Å². The Hall–Kier alpha value is -2.56. The maximum absolute atomic E-state index is 12.0. The van der Waals surface area contributed by atoms with Crippen molar-refractivity contribution in [2.45, 2.75) is 6.54 Å². The number of furan rings is 1. The van der Waals surface area contributed by atoms with Crippen LogP contribution in [0.25, 0.3) is 0 Å². The van der Waals surface area contributed by atoms with Gasteiger partial charge in [-0.15, -0.1) is 0 Å². The standard InChI is InChI=1S/C15H15NO4/c1-16(14(17)13-4-3-9-20-13)10-11-5-7-12(8-6-11)15(18)19-2/h3-9H,10H2,1-2H3. The van der Waals surface area contributed by atoms with Crippen LogP contribution in [0.1, 0.15) is 26.5 Å². The van der Waals surface area contributed by atoms with Gasteiger partial charge in [-0.25, -0.2) is 4.79 Å². The first kappa shape index (κ1) is 13.9. The fourth-order valence-corrected chi connectivity index (χ4v) is 1.80. The minimum atomic E-state index is -0.378. The van der Waals surface area contributed by atoms with Gasteiger partial charge in [-0.3, -0.25) is 4.79 Å². The smallest absolute Gasteiger partial charge is 0.337 e. The Balaban J connectivity index is 2.03. The third-order valence-corrected chi connectivity index (χ3v) is 2.87. The van der Waals surface area contributed by atoms with Crippen LogP contribution in [0.2, 0.25) is 0 Å². The second-order valence-corrected chi connectivity index (χ2v) is 4.33. The van der Waals surface area contributed by atoms with Gasteiger partial charge in [-0.05, 0) is 29.8 Å². The van der Waals surface area contributed by atoms with Gasteiger partial charge in [0, 0.05) is 13.6 Å². The van der Waals surface area contributed by atoms with Crippen molar-refractivity contribution < 1.29 is 18.7 Å². The summed E-state index contributed by atoms with van der Waals surface area (Å²) >= 11 is 0. The number of ether oxygens (including phenoxy) is 1. The van der Waals surface area contributed by atoms with Gasteiger partial charge in [0.25, 0.3) is 5.91 Å². The molecular formula is C15H15NO4. The molecule has 0 fully saturated rings. The molecule has 5 nitrogen and oxygen atoms in total. The molecule has 0 saturated heterocycles. The summed E-state index contributed by atoms with van der Waals surface area (Å²) in [6, 6.07) is 10.2. The van der Waals surface area contributed by atoms with Crippen LogP contribution in [-0.2, 0) is 11.3 Å². The summed E-state index contributed by atoms with van der Waals surface area (Å²) in [6.45, 7) is 0.432. The molecule has 0 radical (unpaired) electrons. The number of carbonyl (C=O) groups is 2. The molecule has 1 aromatic heterocycles. The van der Waals surface area contributed by atoms with E-state index in [0.29, 0.717) is 17.9 Å². The number of hydrogen-bond acceptors (Lipinski definition) is 4. The van der Waals surface area contributed by atoms with Crippen LogP contribution in [0.4, 0.5) is 0 Å². The van der Waals surface area contributed by atoms with E-state index in [1.54, 1.807) is 48.3 Å². The van der Waals surface area contributed by atoms with Crippen molar-refractivity contribution in [3.05, 3.63) is 59.5 Å². The molecule has 0 N–H and O–H groups in total. The molecule has 2 rings (SSSR count). The van der Waals surface area contributed by atoms with Crippen LogP contribution in [0.15, 0.2) is 47.1 Å². The predicted octanol–water partition coefficient (Wildman–Crippen LogP) is 2.34. The molecule has 0 spiro atoms. The number of carbonyl (C=O) groups excluding carboxylic acids is 2. The number of hydrogen-bond donors (Lipinski definition) is 0. The van der Waals surface area contributed by atoms with E-state index in [9.17, 15) is 9.59 Å². The normalized spacial score (nSPS) is 10.1. The average molecular weight is 273 g/mol. The topological polar surface area (TPSA) is 59.8 Å². The summed E-state index contributed by atoms with van der Waals surface area (Å²) in [4.78, 5) is 24.8. The minimum Gasteiger partial charge on any atom is -0.465 e. The molecule has 0 atom stereocenters. The first-order valence-electron chi connectivity index (χ1n) is 6.08. The number of methoxy groups -OCH3 is 1. The minimum absolute atomic E-state index is 0.188. The molecule has 0 unspecified atom stereocenters. The molecule has 104 valence electrons. The number of rotatable bonds is 4. The molecule has 5 heteroatoms. The molecule has 0 aliphatic heterocycles. The number of esters is 1. The maximum Gasteiger partial charge on any atom is 0.337 e. The lowest BCUT2D eigenvalue weighted by atomic mass is 10.1. The number of nitrogens with zero attached hydrogens (tertiary/aromatic N) is 1. The van der Waals surface area contributed by atoms with Gasteiger partial charge < -0.3 is 14.1 Å². The van der Waals surface area contributed by atoms with Gasteiger partial charge in [-0.2, -0.15) is 0 Å². The van der Waals surface area contributed by atoms with Crippen molar-refractivity contribution in [1.82, 2.24) is 4.90 Å². The van der Waals surface area contributed by atoms with E-state index in [0.717, 1.165) is 5.56 Å². The zero-order valence-electron chi connectivity index (χ0n) is 11.3. The fraction of sp³-hybridized carbons (Fsp3) is 0.200. The third kappa shape index (κ3) is 3.06. The van der Waals surface area contributed by atoms with E-state index in [1.807, 2.05) is 0 Å². The van der Waals surface area contributed by atoms with Crippen molar-refractivity contribution >= 4 is 11.9 Å². The summed E-state index contributed by atoms with van der Waals surface area (Å²) < 4.78 is 9.70. The summed E-state index contributed by atoms with van der Waals surface area (Å²) in [5.74, 6) is -0.262.